The SMILES string of the molecule is CN(C)c1ccc(Cl)cc1NCc1ccc(Cl)c(Br)c1. The van der Waals surface area contributed by atoms with Crippen LogP contribution >= 0.6 is 39.1 Å². The van der Waals surface area contributed by atoms with Gasteiger partial charge in [-0.2, -0.15) is 0 Å². The second-order valence-electron chi connectivity index (χ2n) is 4.66. The van der Waals surface area contributed by atoms with Crippen molar-refractivity contribution >= 4 is 50.5 Å². The standard InChI is InChI=1S/C15H15BrCl2N2/c1-20(2)15-6-4-11(17)8-14(15)19-9-10-3-5-13(18)12(16)7-10/h3-8,19H,9H2,1-2H3. The molecule has 2 aromatic carbocycles. The molecule has 1 N–H and O–H groups in total. The Morgan fingerprint density at radius 2 is 1.85 bits per heavy atom. The topological polar surface area (TPSA) is 15.3 Å². The zero-order valence-electron chi connectivity index (χ0n) is 11.3. The minimum absolute atomic E-state index is 0.705. The number of anilines is 2. The van der Waals surface area contributed by atoms with Gasteiger partial charge in [0, 0.05) is 30.1 Å². The fourth-order valence-electron chi connectivity index (χ4n) is 1.89. The molecule has 0 saturated heterocycles. The molecule has 0 unspecified atom stereocenters. The van der Waals surface area contributed by atoms with Crippen molar-refractivity contribution < 1.29 is 0 Å². The first-order valence-corrected chi connectivity index (χ1v) is 7.67. The van der Waals surface area contributed by atoms with E-state index in [9.17, 15) is 0 Å². The van der Waals surface area contributed by atoms with Gasteiger partial charge in [-0.15, -0.1) is 0 Å². The van der Waals surface area contributed by atoms with Crippen molar-refractivity contribution in [2.75, 3.05) is 24.3 Å². The molecule has 20 heavy (non-hydrogen) atoms. The number of nitrogens with one attached hydrogen (secondary N) is 1. The second kappa shape index (κ2) is 6.70. The van der Waals surface area contributed by atoms with Crippen LogP contribution in [0, 0.1) is 0 Å². The zero-order valence-corrected chi connectivity index (χ0v) is 14.4. The van der Waals surface area contributed by atoms with E-state index in [-0.39, 0.29) is 0 Å². The fourth-order valence-corrected chi connectivity index (χ4v) is 2.60. The molecule has 0 aliphatic heterocycles. The lowest BCUT2D eigenvalue weighted by Crippen LogP contribution is -2.12. The third-order valence-corrected chi connectivity index (χ3v) is 4.36. The molecule has 0 saturated carbocycles. The monoisotopic (exact) mass is 372 g/mol. The summed E-state index contributed by atoms with van der Waals surface area (Å²) in [5, 5.41) is 4.84. The maximum Gasteiger partial charge on any atom is 0.0597 e. The Kier molecular flexibility index (Phi) is 5.19. The molecule has 0 fully saturated rings. The molecule has 0 aromatic heterocycles. The van der Waals surface area contributed by atoms with Gasteiger partial charge in [0.05, 0.1) is 16.4 Å². The predicted molar refractivity (Wildman–Crippen MR) is 92.3 cm³/mol. The van der Waals surface area contributed by atoms with Crippen LogP contribution in [0.1, 0.15) is 5.56 Å². The van der Waals surface area contributed by atoms with Crippen molar-refractivity contribution in [1.29, 1.82) is 0 Å². The first kappa shape index (κ1) is 15.5. The zero-order chi connectivity index (χ0) is 14.7. The number of benzene rings is 2. The summed E-state index contributed by atoms with van der Waals surface area (Å²) in [5.74, 6) is 0. The number of halogens is 3. The molecule has 2 nitrogen and oxygen atoms in total. The van der Waals surface area contributed by atoms with Gasteiger partial charge in [0.2, 0.25) is 0 Å². The summed E-state index contributed by atoms with van der Waals surface area (Å²) in [6.07, 6.45) is 0. The number of hydrogen-bond acceptors (Lipinski definition) is 2. The van der Waals surface area contributed by atoms with Gasteiger partial charge < -0.3 is 10.2 Å². The van der Waals surface area contributed by atoms with Gasteiger partial charge in [-0.25, -0.2) is 0 Å². The van der Waals surface area contributed by atoms with Gasteiger partial charge in [-0.3, -0.25) is 0 Å². The minimum Gasteiger partial charge on any atom is -0.379 e. The average molecular weight is 374 g/mol. The van der Waals surface area contributed by atoms with E-state index in [2.05, 4.69) is 26.1 Å². The van der Waals surface area contributed by atoms with Crippen molar-refractivity contribution in [3.63, 3.8) is 0 Å². The van der Waals surface area contributed by atoms with Crippen LogP contribution in [0.2, 0.25) is 10.0 Å². The van der Waals surface area contributed by atoms with E-state index in [0.717, 1.165) is 26.4 Å². The largest absolute Gasteiger partial charge is 0.379 e. The highest BCUT2D eigenvalue weighted by Gasteiger charge is 2.06. The number of rotatable bonds is 4. The van der Waals surface area contributed by atoms with Crippen LogP contribution in [0.25, 0.3) is 0 Å². The van der Waals surface area contributed by atoms with Gasteiger partial charge >= 0.3 is 0 Å². The Bertz CT molecular complexity index is 615. The minimum atomic E-state index is 0.705. The van der Waals surface area contributed by atoms with Gasteiger partial charge in [-0.05, 0) is 51.8 Å². The normalized spacial score (nSPS) is 10.4. The fraction of sp³-hybridized carbons (Fsp3) is 0.200. The van der Waals surface area contributed by atoms with Crippen molar-refractivity contribution in [3.05, 3.63) is 56.5 Å². The Morgan fingerprint density at radius 1 is 1.10 bits per heavy atom. The van der Waals surface area contributed by atoms with Crippen molar-refractivity contribution in [1.82, 2.24) is 0 Å². The van der Waals surface area contributed by atoms with Crippen LogP contribution < -0.4 is 10.2 Å². The predicted octanol–water partition coefficient (Wildman–Crippen LogP) is 5.43. The van der Waals surface area contributed by atoms with Gasteiger partial charge in [0.1, 0.15) is 0 Å². The first-order valence-electron chi connectivity index (χ1n) is 6.12. The molecule has 106 valence electrons. The third kappa shape index (κ3) is 3.81. The molecular weight excluding hydrogens is 359 g/mol. The van der Waals surface area contributed by atoms with E-state index in [0.29, 0.717) is 11.6 Å². The number of nitrogens with zero attached hydrogens (tertiary/aromatic N) is 1. The second-order valence-corrected chi connectivity index (χ2v) is 6.36. The highest BCUT2D eigenvalue weighted by molar-refractivity contribution is 9.10. The molecule has 0 amide bonds. The van der Waals surface area contributed by atoms with E-state index in [1.165, 1.54) is 0 Å². The van der Waals surface area contributed by atoms with Crippen molar-refractivity contribution in [2.45, 2.75) is 6.54 Å². The Hall–Kier alpha value is -0.900. The molecule has 2 aromatic rings. The summed E-state index contributed by atoms with van der Waals surface area (Å²) in [7, 11) is 4.01. The van der Waals surface area contributed by atoms with E-state index < -0.39 is 0 Å². The molecule has 0 atom stereocenters. The molecule has 0 radical (unpaired) electrons. The lowest BCUT2D eigenvalue weighted by molar-refractivity contribution is 1.10. The van der Waals surface area contributed by atoms with Crippen LogP contribution in [-0.4, -0.2) is 14.1 Å². The van der Waals surface area contributed by atoms with Crippen LogP contribution in [0.5, 0.6) is 0 Å². The summed E-state index contributed by atoms with van der Waals surface area (Å²) in [6, 6.07) is 11.7. The van der Waals surface area contributed by atoms with Gasteiger partial charge in [-0.1, -0.05) is 29.3 Å². The highest BCUT2D eigenvalue weighted by atomic mass is 79.9. The van der Waals surface area contributed by atoms with E-state index in [4.69, 9.17) is 23.2 Å². The Balaban J connectivity index is 2.17. The van der Waals surface area contributed by atoms with Gasteiger partial charge in [0.15, 0.2) is 0 Å². The van der Waals surface area contributed by atoms with Gasteiger partial charge in [0.25, 0.3) is 0 Å². The first-order chi connectivity index (χ1) is 9.47. The molecule has 0 aliphatic carbocycles. The lowest BCUT2D eigenvalue weighted by atomic mass is 10.2. The maximum atomic E-state index is 6.07. The molecular formula is C15H15BrCl2N2. The summed E-state index contributed by atoms with van der Waals surface area (Å²) in [5.41, 5.74) is 3.25. The molecule has 5 heteroatoms. The van der Waals surface area contributed by atoms with Crippen molar-refractivity contribution in [3.8, 4) is 0 Å². The number of hydrogen-bond donors (Lipinski definition) is 1. The molecule has 0 heterocycles. The van der Waals surface area contributed by atoms with Crippen LogP contribution in [0.4, 0.5) is 11.4 Å². The summed E-state index contributed by atoms with van der Waals surface area (Å²) in [4.78, 5) is 2.05. The van der Waals surface area contributed by atoms with Crippen LogP contribution in [-0.2, 0) is 6.54 Å². The molecule has 0 bridgehead atoms. The summed E-state index contributed by atoms with van der Waals surface area (Å²) < 4.78 is 0.900. The third-order valence-electron chi connectivity index (χ3n) is 2.91. The van der Waals surface area contributed by atoms with Crippen LogP contribution in [0.3, 0.4) is 0 Å². The van der Waals surface area contributed by atoms with E-state index >= 15 is 0 Å². The summed E-state index contributed by atoms with van der Waals surface area (Å²) in [6.45, 7) is 0.705. The molecule has 0 aliphatic rings. The van der Waals surface area contributed by atoms with Crippen LogP contribution in [0.15, 0.2) is 40.9 Å². The summed E-state index contributed by atoms with van der Waals surface area (Å²) >= 11 is 15.5. The molecule has 2 rings (SSSR count). The smallest absolute Gasteiger partial charge is 0.0597 e. The quantitative estimate of drug-likeness (QED) is 0.768. The maximum absolute atomic E-state index is 6.07. The van der Waals surface area contributed by atoms with E-state index in [1.807, 2.05) is 50.5 Å². The average Bonchev–Trinajstić information content (AvgIpc) is 2.40. The lowest BCUT2D eigenvalue weighted by Gasteiger charge is -2.19. The Morgan fingerprint density at radius 3 is 2.50 bits per heavy atom. The molecule has 0 spiro atoms. The van der Waals surface area contributed by atoms with Crippen molar-refractivity contribution in [2.24, 2.45) is 0 Å². The Labute approximate surface area is 137 Å². The van der Waals surface area contributed by atoms with E-state index in [1.54, 1.807) is 0 Å². The highest BCUT2D eigenvalue weighted by Crippen LogP contribution is 2.29.